The minimum absolute atomic E-state index is 0.0926. The van der Waals surface area contributed by atoms with Gasteiger partial charge in [-0.25, -0.2) is 4.98 Å². The first kappa shape index (κ1) is 16.0. The van der Waals surface area contributed by atoms with Crippen LogP contribution in [0.2, 0.25) is 0 Å². The molecule has 0 unspecified atom stereocenters. The highest BCUT2D eigenvalue weighted by atomic mass is 32.2. The number of hydrogen-bond donors (Lipinski definition) is 1. The summed E-state index contributed by atoms with van der Waals surface area (Å²) in [6.45, 7) is 2.80. The zero-order chi connectivity index (χ0) is 17.2. The van der Waals surface area contributed by atoms with Gasteiger partial charge in [-0.05, 0) is 30.5 Å². The van der Waals surface area contributed by atoms with Crippen molar-refractivity contribution in [1.82, 2.24) is 29.7 Å². The van der Waals surface area contributed by atoms with Crippen molar-refractivity contribution in [3.63, 3.8) is 0 Å². The van der Waals surface area contributed by atoms with Crippen LogP contribution in [0.4, 0.5) is 0 Å². The summed E-state index contributed by atoms with van der Waals surface area (Å²) in [7, 11) is 0. The van der Waals surface area contributed by atoms with Crippen LogP contribution >= 0.6 is 23.1 Å². The molecule has 0 amide bonds. The normalized spacial score (nSPS) is 11.2. The fraction of sp³-hybridized carbons (Fsp3) is 0.188. The Kier molecular flexibility index (Phi) is 4.33. The Morgan fingerprint density at radius 3 is 2.88 bits per heavy atom. The van der Waals surface area contributed by atoms with Gasteiger partial charge in [0.15, 0.2) is 11.0 Å². The van der Waals surface area contributed by atoms with E-state index in [-0.39, 0.29) is 5.56 Å². The summed E-state index contributed by atoms with van der Waals surface area (Å²) in [6.07, 6.45) is 3.48. The van der Waals surface area contributed by atoms with Gasteiger partial charge in [0.05, 0.1) is 11.3 Å². The predicted octanol–water partition coefficient (Wildman–Crippen LogP) is 2.95. The molecule has 1 N–H and O–H groups in total. The Morgan fingerprint density at radius 2 is 2.08 bits per heavy atom. The molecule has 0 saturated heterocycles. The van der Waals surface area contributed by atoms with Crippen LogP contribution in [0, 0.1) is 0 Å². The third-order valence-corrected chi connectivity index (χ3v) is 5.55. The third-order valence-electron chi connectivity index (χ3n) is 3.67. The number of fused-ring (bicyclic) bond motifs is 1. The van der Waals surface area contributed by atoms with Gasteiger partial charge < -0.3 is 9.55 Å². The second-order valence-corrected chi connectivity index (χ2v) is 7.08. The van der Waals surface area contributed by atoms with Crippen molar-refractivity contribution in [3.8, 4) is 11.4 Å². The molecule has 0 atom stereocenters. The maximum absolute atomic E-state index is 12.1. The van der Waals surface area contributed by atoms with Crippen molar-refractivity contribution in [3.05, 3.63) is 52.2 Å². The van der Waals surface area contributed by atoms with E-state index in [1.807, 2.05) is 28.1 Å². The molecule has 0 aliphatic carbocycles. The van der Waals surface area contributed by atoms with E-state index in [1.165, 1.54) is 23.1 Å². The number of thioether (sulfide) groups is 1. The highest BCUT2D eigenvalue weighted by Crippen LogP contribution is 2.25. The van der Waals surface area contributed by atoms with Crippen molar-refractivity contribution in [1.29, 1.82) is 0 Å². The second-order valence-electron chi connectivity index (χ2n) is 5.22. The molecule has 25 heavy (non-hydrogen) atoms. The Bertz CT molecular complexity index is 1070. The molecule has 0 saturated carbocycles. The number of aromatic amines is 1. The first-order valence-corrected chi connectivity index (χ1v) is 9.55. The van der Waals surface area contributed by atoms with Crippen LogP contribution in [0.3, 0.4) is 0 Å². The largest absolute Gasteiger partial charge is 0.309 e. The zero-order valence-electron chi connectivity index (χ0n) is 13.3. The van der Waals surface area contributed by atoms with E-state index >= 15 is 0 Å². The maximum Gasteiger partial charge on any atom is 0.268 e. The minimum Gasteiger partial charge on any atom is -0.309 e. The molecule has 0 spiro atoms. The molecule has 7 nitrogen and oxygen atoms in total. The lowest BCUT2D eigenvalue weighted by Gasteiger charge is -2.07. The van der Waals surface area contributed by atoms with Gasteiger partial charge in [0.2, 0.25) is 0 Å². The highest BCUT2D eigenvalue weighted by Gasteiger charge is 2.14. The van der Waals surface area contributed by atoms with Crippen LogP contribution in [-0.4, -0.2) is 29.7 Å². The van der Waals surface area contributed by atoms with Gasteiger partial charge in [0.1, 0.15) is 10.5 Å². The molecule has 0 aliphatic heterocycles. The number of thiophene rings is 1. The van der Waals surface area contributed by atoms with E-state index < -0.39 is 0 Å². The summed E-state index contributed by atoms with van der Waals surface area (Å²) in [5.74, 6) is 1.97. The van der Waals surface area contributed by atoms with E-state index in [0.717, 1.165) is 28.6 Å². The van der Waals surface area contributed by atoms with Gasteiger partial charge in [-0.15, -0.1) is 21.5 Å². The van der Waals surface area contributed by atoms with E-state index in [1.54, 1.807) is 12.4 Å². The van der Waals surface area contributed by atoms with Gasteiger partial charge in [-0.1, -0.05) is 11.8 Å². The van der Waals surface area contributed by atoms with Gasteiger partial charge in [0, 0.05) is 24.5 Å². The van der Waals surface area contributed by atoms with Crippen LogP contribution in [0.25, 0.3) is 21.6 Å². The van der Waals surface area contributed by atoms with Crippen LogP contribution in [0.15, 0.2) is 45.9 Å². The molecule has 4 rings (SSSR count). The van der Waals surface area contributed by atoms with Crippen LogP contribution in [0.5, 0.6) is 0 Å². The lowest BCUT2D eigenvalue weighted by Crippen LogP contribution is -2.09. The predicted molar refractivity (Wildman–Crippen MR) is 98.7 cm³/mol. The number of hydrogen-bond acceptors (Lipinski definition) is 7. The Morgan fingerprint density at radius 1 is 1.24 bits per heavy atom. The Labute approximate surface area is 151 Å². The van der Waals surface area contributed by atoms with Gasteiger partial charge >= 0.3 is 0 Å². The molecule has 0 fully saturated rings. The molecule has 0 radical (unpaired) electrons. The fourth-order valence-corrected chi connectivity index (χ4v) is 4.12. The molecule has 0 aromatic carbocycles. The number of rotatable bonds is 5. The van der Waals surface area contributed by atoms with E-state index in [9.17, 15) is 4.79 Å². The molecule has 126 valence electrons. The van der Waals surface area contributed by atoms with Crippen LogP contribution < -0.4 is 5.56 Å². The minimum atomic E-state index is -0.0926. The molecule has 9 heteroatoms. The number of aromatic nitrogens is 6. The molecular formula is C16H14N6OS2. The van der Waals surface area contributed by atoms with Crippen molar-refractivity contribution in [2.45, 2.75) is 24.4 Å². The van der Waals surface area contributed by atoms with Crippen molar-refractivity contribution in [2.75, 3.05) is 0 Å². The first-order valence-electron chi connectivity index (χ1n) is 7.69. The molecule has 0 aliphatic rings. The molecular weight excluding hydrogens is 356 g/mol. The van der Waals surface area contributed by atoms with Gasteiger partial charge in [-0.2, -0.15) is 0 Å². The summed E-state index contributed by atoms with van der Waals surface area (Å²) >= 11 is 2.90. The Hall–Kier alpha value is -2.52. The zero-order valence-corrected chi connectivity index (χ0v) is 15.0. The SMILES string of the molecule is CCn1c(SCc2nc3ccsc3c(=O)[nH]2)nnc1-c1ccncc1. The van der Waals surface area contributed by atoms with Crippen LogP contribution in [0.1, 0.15) is 12.7 Å². The van der Waals surface area contributed by atoms with Crippen molar-refractivity contribution < 1.29 is 0 Å². The second kappa shape index (κ2) is 6.77. The number of pyridine rings is 1. The molecule has 4 heterocycles. The summed E-state index contributed by atoms with van der Waals surface area (Å²) in [6, 6.07) is 5.68. The fourth-order valence-electron chi connectivity index (χ4n) is 2.52. The third kappa shape index (κ3) is 3.08. The molecule has 0 bridgehead atoms. The molecule has 4 aromatic heterocycles. The van der Waals surface area contributed by atoms with Crippen molar-refractivity contribution >= 4 is 33.3 Å². The number of H-pyrrole nitrogens is 1. The van der Waals surface area contributed by atoms with Crippen LogP contribution in [-0.2, 0) is 12.3 Å². The van der Waals surface area contributed by atoms with E-state index in [2.05, 4.69) is 32.1 Å². The van der Waals surface area contributed by atoms with Gasteiger partial charge in [-0.3, -0.25) is 9.78 Å². The topological polar surface area (TPSA) is 89.4 Å². The lowest BCUT2D eigenvalue weighted by molar-refractivity contribution is 0.687. The molecule has 4 aromatic rings. The summed E-state index contributed by atoms with van der Waals surface area (Å²) in [5.41, 5.74) is 1.62. The lowest BCUT2D eigenvalue weighted by atomic mass is 10.2. The highest BCUT2D eigenvalue weighted by molar-refractivity contribution is 7.98. The van der Waals surface area contributed by atoms with Crippen molar-refractivity contribution in [2.24, 2.45) is 0 Å². The quantitative estimate of drug-likeness (QED) is 0.543. The monoisotopic (exact) mass is 370 g/mol. The number of nitrogens with zero attached hydrogens (tertiary/aromatic N) is 5. The van der Waals surface area contributed by atoms with Gasteiger partial charge in [0.25, 0.3) is 5.56 Å². The summed E-state index contributed by atoms with van der Waals surface area (Å²) in [4.78, 5) is 23.4. The maximum atomic E-state index is 12.1. The Balaban J connectivity index is 1.60. The average molecular weight is 370 g/mol. The summed E-state index contributed by atoms with van der Waals surface area (Å²) in [5, 5.41) is 11.3. The number of nitrogens with one attached hydrogen (secondary N) is 1. The average Bonchev–Trinajstić information content (AvgIpc) is 3.27. The van der Waals surface area contributed by atoms with E-state index in [4.69, 9.17) is 0 Å². The smallest absolute Gasteiger partial charge is 0.268 e. The standard InChI is InChI=1S/C16H14N6OS2/c1-2-22-14(10-3-6-17-7-4-10)20-21-16(22)25-9-12-18-11-5-8-24-13(11)15(23)19-12/h3-8H,2,9H2,1H3,(H,18,19,23). The first-order chi connectivity index (χ1) is 12.3. The van der Waals surface area contributed by atoms with E-state index in [0.29, 0.717) is 16.3 Å². The summed E-state index contributed by atoms with van der Waals surface area (Å²) < 4.78 is 2.70.